The molecule has 1 unspecified atom stereocenters. The average Bonchev–Trinajstić information content (AvgIpc) is 2.48. The Morgan fingerprint density at radius 3 is 2.37 bits per heavy atom. The Kier molecular flexibility index (Phi) is 4.15. The molecular formula is C15H17N3O. The van der Waals surface area contributed by atoms with Crippen molar-refractivity contribution in [3.05, 3.63) is 65.7 Å². The zero-order valence-electron chi connectivity index (χ0n) is 10.8. The van der Waals surface area contributed by atoms with Crippen molar-refractivity contribution in [1.29, 1.82) is 0 Å². The number of anilines is 1. The van der Waals surface area contributed by atoms with E-state index < -0.39 is 0 Å². The summed E-state index contributed by atoms with van der Waals surface area (Å²) in [5.41, 5.74) is 4.74. The predicted molar refractivity (Wildman–Crippen MR) is 76.6 cm³/mol. The predicted octanol–water partition coefficient (Wildman–Crippen LogP) is 2.46. The maximum Gasteiger partial charge on any atom is 0.253 e. The monoisotopic (exact) mass is 255 g/mol. The quantitative estimate of drug-likeness (QED) is 0.580. The van der Waals surface area contributed by atoms with Gasteiger partial charge in [-0.3, -0.25) is 10.6 Å². The number of nitrogen functional groups attached to an aromatic ring is 1. The first-order valence-corrected chi connectivity index (χ1v) is 6.14. The molecule has 0 fully saturated rings. The number of benzene rings is 2. The number of nitrogens with one attached hydrogen (secondary N) is 2. The van der Waals surface area contributed by atoms with Gasteiger partial charge in [-0.15, -0.1) is 0 Å². The summed E-state index contributed by atoms with van der Waals surface area (Å²) in [6, 6.07) is 16.9. The molecule has 2 aromatic carbocycles. The molecule has 2 aromatic rings. The van der Waals surface area contributed by atoms with Crippen molar-refractivity contribution in [2.75, 3.05) is 5.43 Å². The molecule has 1 amide bonds. The summed E-state index contributed by atoms with van der Waals surface area (Å²) in [4.78, 5) is 12.2. The average molecular weight is 255 g/mol. The summed E-state index contributed by atoms with van der Waals surface area (Å²) in [6.07, 6.45) is 0. The first-order chi connectivity index (χ1) is 9.22. The fraction of sp³-hybridized carbons (Fsp3) is 0.133. The standard InChI is InChI=1S/C15H17N3O/c1-11(12-7-3-2-4-8-12)17-15(19)13-9-5-6-10-14(13)18-16/h2-11,18H,16H2,1H3,(H,17,19). The SMILES string of the molecule is CC(NC(=O)c1ccccc1NN)c1ccccc1. The van der Waals surface area contributed by atoms with Gasteiger partial charge in [-0.1, -0.05) is 42.5 Å². The highest BCUT2D eigenvalue weighted by atomic mass is 16.1. The smallest absolute Gasteiger partial charge is 0.253 e. The van der Waals surface area contributed by atoms with E-state index in [4.69, 9.17) is 5.84 Å². The Labute approximate surface area is 112 Å². The molecule has 4 nitrogen and oxygen atoms in total. The van der Waals surface area contributed by atoms with E-state index in [1.165, 1.54) is 0 Å². The number of para-hydroxylation sites is 1. The third kappa shape index (κ3) is 3.11. The molecule has 0 heterocycles. The van der Waals surface area contributed by atoms with Gasteiger partial charge >= 0.3 is 0 Å². The van der Waals surface area contributed by atoms with Gasteiger partial charge in [0.15, 0.2) is 0 Å². The highest BCUT2D eigenvalue weighted by Gasteiger charge is 2.13. The second-order valence-corrected chi connectivity index (χ2v) is 4.30. The largest absolute Gasteiger partial charge is 0.345 e. The van der Waals surface area contributed by atoms with Crippen molar-refractivity contribution in [3.63, 3.8) is 0 Å². The van der Waals surface area contributed by atoms with E-state index in [1.54, 1.807) is 12.1 Å². The van der Waals surface area contributed by atoms with Crippen LogP contribution in [-0.4, -0.2) is 5.91 Å². The highest BCUT2D eigenvalue weighted by Crippen LogP contribution is 2.16. The van der Waals surface area contributed by atoms with E-state index in [9.17, 15) is 4.79 Å². The summed E-state index contributed by atoms with van der Waals surface area (Å²) < 4.78 is 0. The molecule has 0 bridgehead atoms. The number of hydrogen-bond acceptors (Lipinski definition) is 3. The first-order valence-electron chi connectivity index (χ1n) is 6.14. The van der Waals surface area contributed by atoms with Gasteiger partial charge in [0.05, 0.1) is 17.3 Å². The van der Waals surface area contributed by atoms with Crippen LogP contribution in [-0.2, 0) is 0 Å². The van der Waals surface area contributed by atoms with Crippen molar-refractivity contribution in [2.24, 2.45) is 5.84 Å². The highest BCUT2D eigenvalue weighted by molar-refractivity contribution is 5.99. The number of carbonyl (C=O) groups is 1. The number of carbonyl (C=O) groups excluding carboxylic acids is 1. The van der Waals surface area contributed by atoms with Crippen LogP contribution in [0.1, 0.15) is 28.9 Å². The van der Waals surface area contributed by atoms with Crippen LogP contribution in [0.3, 0.4) is 0 Å². The molecule has 4 N–H and O–H groups in total. The van der Waals surface area contributed by atoms with Crippen LogP contribution >= 0.6 is 0 Å². The van der Waals surface area contributed by atoms with Crippen LogP contribution < -0.4 is 16.6 Å². The molecule has 98 valence electrons. The van der Waals surface area contributed by atoms with Crippen LogP contribution in [0, 0.1) is 0 Å². The van der Waals surface area contributed by atoms with Gasteiger partial charge in [-0.2, -0.15) is 0 Å². The Balaban J connectivity index is 2.13. The molecule has 0 aliphatic carbocycles. The summed E-state index contributed by atoms with van der Waals surface area (Å²) in [7, 11) is 0. The minimum Gasteiger partial charge on any atom is -0.345 e. The number of hydrogen-bond donors (Lipinski definition) is 3. The fourth-order valence-electron chi connectivity index (χ4n) is 1.91. The first kappa shape index (κ1) is 13.1. The molecule has 0 spiro atoms. The normalized spacial score (nSPS) is 11.7. The van der Waals surface area contributed by atoms with E-state index in [-0.39, 0.29) is 11.9 Å². The molecule has 0 radical (unpaired) electrons. The molecule has 2 rings (SSSR count). The molecule has 4 heteroatoms. The van der Waals surface area contributed by atoms with Crippen LogP contribution in [0.5, 0.6) is 0 Å². The van der Waals surface area contributed by atoms with Crippen molar-refractivity contribution in [2.45, 2.75) is 13.0 Å². The van der Waals surface area contributed by atoms with Gasteiger partial charge in [0.25, 0.3) is 5.91 Å². The minimum atomic E-state index is -0.148. The van der Waals surface area contributed by atoms with Gasteiger partial charge in [0, 0.05) is 0 Å². The summed E-state index contributed by atoms with van der Waals surface area (Å²) in [5.74, 6) is 5.25. The molecule has 1 atom stereocenters. The summed E-state index contributed by atoms with van der Waals surface area (Å²) in [5, 5.41) is 2.95. The van der Waals surface area contributed by atoms with Crippen molar-refractivity contribution >= 4 is 11.6 Å². The van der Waals surface area contributed by atoms with E-state index >= 15 is 0 Å². The van der Waals surface area contributed by atoms with E-state index in [0.29, 0.717) is 11.3 Å². The maximum absolute atomic E-state index is 12.2. The van der Waals surface area contributed by atoms with Gasteiger partial charge in [-0.25, -0.2) is 0 Å². The van der Waals surface area contributed by atoms with Gasteiger partial charge in [-0.05, 0) is 24.6 Å². The lowest BCUT2D eigenvalue weighted by Gasteiger charge is -2.15. The molecule has 0 aromatic heterocycles. The summed E-state index contributed by atoms with van der Waals surface area (Å²) >= 11 is 0. The zero-order chi connectivity index (χ0) is 13.7. The molecule has 0 saturated carbocycles. The topological polar surface area (TPSA) is 67.2 Å². The fourth-order valence-corrected chi connectivity index (χ4v) is 1.91. The number of rotatable bonds is 4. The maximum atomic E-state index is 12.2. The zero-order valence-corrected chi connectivity index (χ0v) is 10.8. The third-order valence-corrected chi connectivity index (χ3v) is 2.97. The number of hydrazine groups is 1. The molecule has 0 saturated heterocycles. The van der Waals surface area contributed by atoms with E-state index in [1.807, 2.05) is 49.4 Å². The second kappa shape index (κ2) is 6.02. The lowest BCUT2D eigenvalue weighted by molar-refractivity contribution is 0.0940. The Bertz CT molecular complexity index is 554. The van der Waals surface area contributed by atoms with E-state index in [0.717, 1.165) is 5.56 Å². The van der Waals surface area contributed by atoms with Crippen molar-refractivity contribution in [3.8, 4) is 0 Å². The molecule has 0 aliphatic rings. The third-order valence-electron chi connectivity index (χ3n) is 2.97. The number of amides is 1. The van der Waals surface area contributed by atoms with Crippen molar-refractivity contribution in [1.82, 2.24) is 5.32 Å². The van der Waals surface area contributed by atoms with Crippen LogP contribution in [0.4, 0.5) is 5.69 Å². The Hall–Kier alpha value is -2.33. The van der Waals surface area contributed by atoms with Gasteiger partial charge in [0.2, 0.25) is 0 Å². The van der Waals surface area contributed by atoms with Crippen LogP contribution in [0.25, 0.3) is 0 Å². The second-order valence-electron chi connectivity index (χ2n) is 4.30. The molecule has 19 heavy (non-hydrogen) atoms. The van der Waals surface area contributed by atoms with E-state index in [2.05, 4.69) is 10.7 Å². The Morgan fingerprint density at radius 1 is 1.05 bits per heavy atom. The lowest BCUT2D eigenvalue weighted by atomic mass is 10.1. The number of nitrogens with two attached hydrogens (primary N) is 1. The van der Waals surface area contributed by atoms with Gasteiger partial charge < -0.3 is 10.7 Å². The van der Waals surface area contributed by atoms with Crippen molar-refractivity contribution < 1.29 is 4.79 Å². The van der Waals surface area contributed by atoms with Gasteiger partial charge in [0.1, 0.15) is 0 Å². The Morgan fingerprint density at radius 2 is 1.68 bits per heavy atom. The lowest BCUT2D eigenvalue weighted by Crippen LogP contribution is -2.27. The minimum absolute atomic E-state index is 0.0560. The summed E-state index contributed by atoms with van der Waals surface area (Å²) in [6.45, 7) is 1.95. The molecule has 0 aliphatic heterocycles. The molecular weight excluding hydrogens is 238 g/mol. The van der Waals surface area contributed by atoms with Crippen LogP contribution in [0.15, 0.2) is 54.6 Å². The van der Waals surface area contributed by atoms with Crippen LogP contribution in [0.2, 0.25) is 0 Å².